The Labute approximate surface area is 137 Å². The summed E-state index contributed by atoms with van der Waals surface area (Å²) in [4.78, 5) is 12.3. The molecule has 4 nitrogen and oxygen atoms in total. The first kappa shape index (κ1) is 15.6. The molecule has 3 rings (SSSR count). The Morgan fingerprint density at radius 1 is 1.14 bits per heavy atom. The van der Waals surface area contributed by atoms with Crippen LogP contribution in [0.15, 0.2) is 45.4 Å². The minimum atomic E-state index is -0.231. The normalized spacial score (nSPS) is 15.1. The Bertz CT molecular complexity index is 633. The number of halogens is 1. The molecule has 0 amide bonds. The molecule has 22 heavy (non-hydrogen) atoms. The lowest BCUT2D eigenvalue weighted by molar-refractivity contribution is 0.122. The molecule has 0 bridgehead atoms. The van der Waals surface area contributed by atoms with Crippen molar-refractivity contribution in [2.24, 2.45) is 0 Å². The average molecular weight is 337 g/mol. The largest absolute Gasteiger partial charge is 0.378 e. The third-order valence-electron chi connectivity index (χ3n) is 3.22. The summed E-state index contributed by atoms with van der Waals surface area (Å²) in [5.41, 5.74) is 0. The Hall–Kier alpha value is -1.31. The van der Waals surface area contributed by atoms with E-state index in [-0.39, 0.29) is 5.82 Å². The van der Waals surface area contributed by atoms with Crippen molar-refractivity contribution in [3.05, 3.63) is 36.1 Å². The minimum absolute atomic E-state index is 0.231. The van der Waals surface area contributed by atoms with E-state index in [1.807, 2.05) is 12.3 Å². The summed E-state index contributed by atoms with van der Waals surface area (Å²) in [7, 11) is 0. The number of anilines is 1. The van der Waals surface area contributed by atoms with E-state index >= 15 is 0 Å². The number of hydrogen-bond donors (Lipinski definition) is 0. The van der Waals surface area contributed by atoms with Crippen molar-refractivity contribution in [1.29, 1.82) is 0 Å². The number of benzene rings is 1. The zero-order valence-corrected chi connectivity index (χ0v) is 13.8. The van der Waals surface area contributed by atoms with E-state index < -0.39 is 0 Å². The van der Waals surface area contributed by atoms with Crippen molar-refractivity contribution in [3.8, 4) is 0 Å². The topological polar surface area (TPSA) is 38.2 Å². The van der Waals surface area contributed by atoms with Gasteiger partial charge >= 0.3 is 0 Å². The first-order valence-corrected chi connectivity index (χ1v) is 8.98. The lowest BCUT2D eigenvalue weighted by atomic mass is 10.4. The molecule has 2 aromatic rings. The number of ether oxygens (including phenoxy) is 1. The number of thioether (sulfide) groups is 1. The molecule has 0 radical (unpaired) electrons. The Kier molecular flexibility index (Phi) is 5.17. The third-order valence-corrected chi connectivity index (χ3v) is 4.70. The van der Waals surface area contributed by atoms with Crippen LogP contribution in [0.3, 0.4) is 0 Å². The van der Waals surface area contributed by atoms with E-state index in [0.29, 0.717) is 0 Å². The van der Waals surface area contributed by atoms with Gasteiger partial charge in [0.2, 0.25) is 0 Å². The van der Waals surface area contributed by atoms with Crippen LogP contribution >= 0.6 is 23.5 Å². The van der Waals surface area contributed by atoms with E-state index in [1.165, 1.54) is 35.7 Å². The van der Waals surface area contributed by atoms with E-state index in [9.17, 15) is 4.39 Å². The van der Waals surface area contributed by atoms with Crippen LogP contribution in [0.1, 0.15) is 0 Å². The van der Waals surface area contributed by atoms with Gasteiger partial charge in [-0.2, -0.15) is 0 Å². The zero-order valence-electron chi connectivity index (χ0n) is 12.2. The van der Waals surface area contributed by atoms with Crippen LogP contribution in [-0.4, -0.2) is 42.5 Å². The molecule has 7 heteroatoms. The molecule has 1 aromatic heterocycles. The van der Waals surface area contributed by atoms with Crippen LogP contribution < -0.4 is 4.90 Å². The monoisotopic (exact) mass is 337 g/mol. The summed E-state index contributed by atoms with van der Waals surface area (Å²) in [6.07, 6.45) is 1.96. The van der Waals surface area contributed by atoms with Gasteiger partial charge in [0.05, 0.1) is 13.2 Å². The maximum atomic E-state index is 13.0. The van der Waals surface area contributed by atoms with Crippen LogP contribution in [0.25, 0.3) is 0 Å². The molecule has 0 saturated carbocycles. The molecule has 0 atom stereocenters. The molecule has 0 N–H and O–H groups in total. The molecule has 0 unspecified atom stereocenters. The lowest BCUT2D eigenvalue weighted by Gasteiger charge is -2.28. The van der Waals surface area contributed by atoms with E-state index in [1.54, 1.807) is 12.1 Å². The summed E-state index contributed by atoms with van der Waals surface area (Å²) in [6.45, 7) is 3.12. The maximum absolute atomic E-state index is 13.0. The van der Waals surface area contributed by atoms with Gasteiger partial charge < -0.3 is 9.64 Å². The highest BCUT2D eigenvalue weighted by atomic mass is 32.2. The second kappa shape index (κ2) is 7.30. The summed E-state index contributed by atoms with van der Waals surface area (Å²) in [5, 5.41) is 1.61. The highest BCUT2D eigenvalue weighted by Crippen LogP contribution is 2.30. The number of aromatic nitrogens is 2. The van der Waals surface area contributed by atoms with Crippen molar-refractivity contribution in [1.82, 2.24) is 9.97 Å². The first-order valence-electron chi connectivity index (χ1n) is 6.94. The van der Waals surface area contributed by atoms with Gasteiger partial charge in [-0.15, -0.1) is 0 Å². The Morgan fingerprint density at radius 2 is 1.86 bits per heavy atom. The number of rotatable bonds is 4. The van der Waals surface area contributed by atoms with E-state index in [4.69, 9.17) is 4.74 Å². The van der Waals surface area contributed by atoms with Crippen molar-refractivity contribution >= 4 is 29.3 Å². The lowest BCUT2D eigenvalue weighted by Crippen LogP contribution is -2.36. The number of nitrogens with zero attached hydrogens (tertiary/aromatic N) is 3. The summed E-state index contributed by atoms with van der Waals surface area (Å²) < 4.78 is 18.4. The van der Waals surface area contributed by atoms with Crippen LogP contribution in [0.4, 0.5) is 10.2 Å². The highest BCUT2D eigenvalue weighted by Gasteiger charge is 2.15. The van der Waals surface area contributed by atoms with Gasteiger partial charge in [0.1, 0.15) is 16.7 Å². The van der Waals surface area contributed by atoms with Gasteiger partial charge in [-0.3, -0.25) is 0 Å². The molecule has 0 spiro atoms. The molecule has 2 heterocycles. The number of morpholine rings is 1. The SMILES string of the molecule is CSc1nc(Sc2ccc(F)cc2)cc(N2CCOCC2)n1. The van der Waals surface area contributed by atoms with Crippen molar-refractivity contribution in [2.75, 3.05) is 37.5 Å². The first-order chi connectivity index (χ1) is 10.7. The van der Waals surface area contributed by atoms with Crippen molar-refractivity contribution in [2.45, 2.75) is 15.1 Å². The fourth-order valence-corrected chi connectivity index (χ4v) is 3.36. The summed E-state index contributed by atoms with van der Waals surface area (Å²) >= 11 is 3.04. The highest BCUT2D eigenvalue weighted by molar-refractivity contribution is 7.99. The second-order valence-electron chi connectivity index (χ2n) is 4.71. The molecule has 1 saturated heterocycles. The standard InChI is InChI=1S/C15H16FN3OS2/c1-21-15-17-13(19-6-8-20-9-7-19)10-14(18-15)22-12-4-2-11(16)3-5-12/h2-5,10H,6-9H2,1H3. The summed E-state index contributed by atoms with van der Waals surface area (Å²) in [6, 6.07) is 8.42. The predicted molar refractivity (Wildman–Crippen MR) is 87.4 cm³/mol. The molecule has 1 aliphatic rings. The van der Waals surface area contributed by atoms with Crippen molar-refractivity contribution < 1.29 is 9.13 Å². The molecule has 0 aliphatic carbocycles. The zero-order chi connectivity index (χ0) is 15.4. The molecular weight excluding hydrogens is 321 g/mol. The van der Waals surface area contributed by atoms with Gasteiger partial charge in [-0.05, 0) is 30.5 Å². The summed E-state index contributed by atoms with van der Waals surface area (Å²) in [5.74, 6) is 0.693. The van der Waals surface area contributed by atoms with Gasteiger partial charge in [-0.25, -0.2) is 14.4 Å². The van der Waals surface area contributed by atoms with E-state index in [2.05, 4.69) is 14.9 Å². The fourth-order valence-electron chi connectivity index (χ4n) is 2.11. The van der Waals surface area contributed by atoms with Crippen LogP contribution in [-0.2, 0) is 4.74 Å². The van der Waals surface area contributed by atoms with Gasteiger partial charge in [-0.1, -0.05) is 23.5 Å². The smallest absolute Gasteiger partial charge is 0.190 e. The molecule has 1 aromatic carbocycles. The van der Waals surface area contributed by atoms with Crippen LogP contribution in [0, 0.1) is 5.82 Å². The number of hydrogen-bond acceptors (Lipinski definition) is 6. The van der Waals surface area contributed by atoms with E-state index in [0.717, 1.165) is 47.2 Å². The quantitative estimate of drug-likeness (QED) is 0.484. The van der Waals surface area contributed by atoms with Gasteiger partial charge in [0.25, 0.3) is 0 Å². The van der Waals surface area contributed by atoms with Gasteiger partial charge in [0.15, 0.2) is 5.16 Å². The van der Waals surface area contributed by atoms with Crippen molar-refractivity contribution in [3.63, 3.8) is 0 Å². The Balaban J connectivity index is 1.84. The molecule has 116 valence electrons. The predicted octanol–water partition coefficient (Wildman–Crippen LogP) is 3.33. The maximum Gasteiger partial charge on any atom is 0.190 e. The third kappa shape index (κ3) is 3.91. The molecule has 1 aliphatic heterocycles. The molecular formula is C15H16FN3OS2. The van der Waals surface area contributed by atoms with Crippen LogP contribution in [0.5, 0.6) is 0 Å². The Morgan fingerprint density at radius 3 is 2.55 bits per heavy atom. The average Bonchev–Trinajstić information content (AvgIpc) is 2.57. The van der Waals surface area contributed by atoms with Crippen LogP contribution in [0.2, 0.25) is 0 Å². The second-order valence-corrected chi connectivity index (χ2v) is 6.57. The van der Waals surface area contributed by atoms with Gasteiger partial charge in [0, 0.05) is 24.1 Å². The minimum Gasteiger partial charge on any atom is -0.378 e. The molecule has 1 fully saturated rings. The fraction of sp³-hybridized carbons (Fsp3) is 0.333.